The molecule has 1 atom stereocenters. The molecule has 0 saturated heterocycles. The fraction of sp³-hybridized carbons (Fsp3) is 0.263. The number of aliphatic carboxylic acids is 1. The number of nitrogens with one attached hydrogen (secondary N) is 1. The Morgan fingerprint density at radius 1 is 1.19 bits per heavy atom. The molecule has 0 spiro atoms. The summed E-state index contributed by atoms with van der Waals surface area (Å²) in [5, 5.41) is 23.4. The predicted molar refractivity (Wildman–Crippen MR) is 98.4 cm³/mol. The topological polar surface area (TPSA) is 113 Å². The van der Waals surface area contributed by atoms with Crippen molar-refractivity contribution >= 4 is 23.3 Å². The van der Waals surface area contributed by atoms with Gasteiger partial charge in [0.05, 0.1) is 10.8 Å². The maximum atomic E-state index is 12.5. The van der Waals surface area contributed by atoms with Crippen LogP contribution in [-0.2, 0) is 16.1 Å². The number of carboxylic acid groups (broad SMARTS) is 1. The first-order valence-electron chi connectivity index (χ1n) is 8.53. The van der Waals surface area contributed by atoms with Crippen LogP contribution in [0, 0.1) is 10.1 Å². The molecule has 2 aromatic carbocycles. The molecule has 3 rings (SSSR count). The Balaban J connectivity index is 1.64. The molecule has 0 bridgehead atoms. The lowest BCUT2D eigenvalue weighted by atomic mass is 9.89. The van der Waals surface area contributed by atoms with E-state index in [4.69, 9.17) is 0 Å². The third-order valence-corrected chi connectivity index (χ3v) is 4.60. The Labute approximate surface area is 155 Å². The lowest BCUT2D eigenvalue weighted by Gasteiger charge is -2.33. The van der Waals surface area contributed by atoms with Crippen molar-refractivity contribution in [2.75, 3.05) is 18.4 Å². The van der Waals surface area contributed by atoms with E-state index in [1.165, 1.54) is 11.0 Å². The minimum Gasteiger partial charge on any atom is -0.481 e. The van der Waals surface area contributed by atoms with Gasteiger partial charge >= 0.3 is 5.97 Å². The summed E-state index contributed by atoms with van der Waals surface area (Å²) >= 11 is 0. The second kappa shape index (κ2) is 7.86. The number of carboxylic acids is 1. The highest BCUT2D eigenvalue weighted by atomic mass is 16.6. The normalized spacial score (nSPS) is 15.7. The van der Waals surface area contributed by atoms with E-state index in [1.54, 1.807) is 30.3 Å². The number of amides is 1. The highest BCUT2D eigenvalue weighted by Crippen LogP contribution is 2.29. The van der Waals surface area contributed by atoms with Gasteiger partial charge in [-0.25, -0.2) is 0 Å². The van der Waals surface area contributed by atoms with Gasteiger partial charge in [0.2, 0.25) is 5.91 Å². The van der Waals surface area contributed by atoms with Crippen LogP contribution in [0.4, 0.5) is 11.4 Å². The molecule has 0 aliphatic carbocycles. The van der Waals surface area contributed by atoms with E-state index in [0.717, 1.165) is 11.1 Å². The van der Waals surface area contributed by atoms with E-state index in [0.29, 0.717) is 12.2 Å². The largest absolute Gasteiger partial charge is 0.481 e. The van der Waals surface area contributed by atoms with E-state index in [9.17, 15) is 24.8 Å². The van der Waals surface area contributed by atoms with Crippen molar-refractivity contribution in [3.05, 3.63) is 69.8 Å². The van der Waals surface area contributed by atoms with Gasteiger partial charge < -0.3 is 15.3 Å². The van der Waals surface area contributed by atoms with Gasteiger partial charge in [0.1, 0.15) is 5.69 Å². The molecule has 0 fully saturated rings. The number of rotatable bonds is 6. The SMILES string of the molecule is O=C(O)C1CN(C(=O)CCNc2ccccc2[N+](=O)[O-])Cc2ccccc21. The first-order chi connectivity index (χ1) is 13.0. The summed E-state index contributed by atoms with van der Waals surface area (Å²) < 4.78 is 0. The zero-order chi connectivity index (χ0) is 19.4. The van der Waals surface area contributed by atoms with Crippen LogP contribution in [0.3, 0.4) is 0 Å². The minimum absolute atomic E-state index is 0.0530. The molecular formula is C19H19N3O5. The van der Waals surface area contributed by atoms with Crippen LogP contribution in [0.5, 0.6) is 0 Å². The molecule has 1 unspecified atom stereocenters. The molecule has 1 aliphatic rings. The van der Waals surface area contributed by atoms with Crippen molar-refractivity contribution in [2.24, 2.45) is 0 Å². The Hall–Kier alpha value is -3.42. The lowest BCUT2D eigenvalue weighted by molar-refractivity contribution is -0.384. The molecule has 27 heavy (non-hydrogen) atoms. The molecule has 2 N–H and O–H groups in total. The van der Waals surface area contributed by atoms with Crippen LogP contribution in [0.15, 0.2) is 48.5 Å². The summed E-state index contributed by atoms with van der Waals surface area (Å²) in [6.07, 6.45) is 0.112. The molecule has 1 heterocycles. The predicted octanol–water partition coefficient (Wildman–Crippen LogP) is 2.61. The molecule has 0 radical (unpaired) electrons. The summed E-state index contributed by atoms with van der Waals surface area (Å²) in [4.78, 5) is 36.2. The number of carbonyl (C=O) groups is 2. The fourth-order valence-corrected chi connectivity index (χ4v) is 3.25. The van der Waals surface area contributed by atoms with Crippen molar-refractivity contribution in [1.82, 2.24) is 4.90 Å². The summed E-state index contributed by atoms with van der Waals surface area (Å²) in [6, 6.07) is 13.5. The maximum Gasteiger partial charge on any atom is 0.312 e. The highest BCUT2D eigenvalue weighted by molar-refractivity contribution is 5.82. The molecule has 2 aromatic rings. The third-order valence-electron chi connectivity index (χ3n) is 4.60. The molecule has 8 heteroatoms. The zero-order valence-electron chi connectivity index (χ0n) is 14.5. The second-order valence-corrected chi connectivity index (χ2v) is 6.31. The fourth-order valence-electron chi connectivity index (χ4n) is 3.25. The van der Waals surface area contributed by atoms with E-state index in [1.807, 2.05) is 12.1 Å². The molecule has 8 nitrogen and oxygen atoms in total. The number of anilines is 1. The maximum absolute atomic E-state index is 12.5. The Morgan fingerprint density at radius 2 is 1.89 bits per heavy atom. The van der Waals surface area contributed by atoms with Crippen molar-refractivity contribution in [3.8, 4) is 0 Å². The van der Waals surface area contributed by atoms with Crippen molar-refractivity contribution < 1.29 is 19.6 Å². The van der Waals surface area contributed by atoms with Gasteiger partial charge in [-0.3, -0.25) is 19.7 Å². The highest BCUT2D eigenvalue weighted by Gasteiger charge is 2.32. The number of fused-ring (bicyclic) bond motifs is 1. The first kappa shape index (κ1) is 18.4. The van der Waals surface area contributed by atoms with E-state index < -0.39 is 16.8 Å². The molecule has 1 amide bonds. The zero-order valence-corrected chi connectivity index (χ0v) is 14.5. The van der Waals surface area contributed by atoms with Gasteiger partial charge in [0.15, 0.2) is 0 Å². The smallest absolute Gasteiger partial charge is 0.312 e. The van der Waals surface area contributed by atoms with Crippen molar-refractivity contribution in [3.63, 3.8) is 0 Å². The number of nitro benzene ring substituents is 1. The number of para-hydroxylation sites is 2. The van der Waals surface area contributed by atoms with E-state index in [-0.39, 0.29) is 31.1 Å². The standard InChI is InChI=1S/C19H19N3O5/c23-18(9-10-20-16-7-3-4-8-17(16)22(26)27)21-11-13-5-1-2-6-14(13)15(12-21)19(24)25/h1-8,15,20H,9-12H2,(H,24,25). The molecule has 0 saturated carbocycles. The molecule has 140 valence electrons. The number of nitrogens with zero attached hydrogens (tertiary/aromatic N) is 2. The Bertz CT molecular complexity index is 883. The van der Waals surface area contributed by atoms with Gasteiger partial charge in [-0.15, -0.1) is 0 Å². The van der Waals surface area contributed by atoms with Gasteiger partial charge in [-0.1, -0.05) is 36.4 Å². The molecule has 1 aliphatic heterocycles. The van der Waals surface area contributed by atoms with E-state index in [2.05, 4.69) is 5.32 Å². The van der Waals surface area contributed by atoms with Crippen LogP contribution in [0.25, 0.3) is 0 Å². The van der Waals surface area contributed by atoms with Crippen LogP contribution in [0.1, 0.15) is 23.5 Å². The van der Waals surface area contributed by atoms with Crippen molar-refractivity contribution in [1.29, 1.82) is 0 Å². The Kier molecular flexibility index (Phi) is 5.35. The van der Waals surface area contributed by atoms with Crippen molar-refractivity contribution in [2.45, 2.75) is 18.9 Å². The van der Waals surface area contributed by atoms with Crippen LogP contribution in [0.2, 0.25) is 0 Å². The van der Waals surface area contributed by atoms with Gasteiger partial charge in [-0.2, -0.15) is 0 Å². The third kappa shape index (κ3) is 4.05. The van der Waals surface area contributed by atoms with Crippen LogP contribution >= 0.6 is 0 Å². The number of nitro groups is 1. The molecular weight excluding hydrogens is 350 g/mol. The first-order valence-corrected chi connectivity index (χ1v) is 8.53. The van der Waals surface area contributed by atoms with Gasteiger partial charge in [0.25, 0.3) is 5.69 Å². The van der Waals surface area contributed by atoms with Gasteiger partial charge in [0, 0.05) is 32.1 Å². The lowest BCUT2D eigenvalue weighted by Crippen LogP contribution is -2.41. The molecule has 0 aromatic heterocycles. The van der Waals surface area contributed by atoms with Gasteiger partial charge in [-0.05, 0) is 17.2 Å². The number of carbonyl (C=O) groups excluding carboxylic acids is 1. The number of hydrogen-bond donors (Lipinski definition) is 2. The van der Waals surface area contributed by atoms with E-state index >= 15 is 0 Å². The summed E-state index contributed by atoms with van der Waals surface area (Å²) in [5.74, 6) is -1.90. The number of benzene rings is 2. The quantitative estimate of drug-likeness (QED) is 0.598. The summed E-state index contributed by atoms with van der Waals surface area (Å²) in [6.45, 7) is 0.709. The number of hydrogen-bond acceptors (Lipinski definition) is 5. The summed E-state index contributed by atoms with van der Waals surface area (Å²) in [7, 11) is 0. The minimum atomic E-state index is -0.960. The Morgan fingerprint density at radius 3 is 2.63 bits per heavy atom. The van der Waals surface area contributed by atoms with Crippen LogP contribution < -0.4 is 5.32 Å². The monoisotopic (exact) mass is 369 g/mol. The van der Waals surface area contributed by atoms with Crippen LogP contribution in [-0.4, -0.2) is 39.9 Å². The second-order valence-electron chi connectivity index (χ2n) is 6.31. The average molecular weight is 369 g/mol. The average Bonchev–Trinajstić information content (AvgIpc) is 2.67. The summed E-state index contributed by atoms with van der Waals surface area (Å²) in [5.41, 5.74) is 1.87.